The van der Waals surface area contributed by atoms with Gasteiger partial charge in [0.2, 0.25) is 0 Å². The van der Waals surface area contributed by atoms with E-state index in [1.807, 2.05) is 12.1 Å². The highest BCUT2D eigenvalue weighted by atomic mass is 79.9. The Morgan fingerprint density at radius 3 is 2.12 bits per heavy atom. The summed E-state index contributed by atoms with van der Waals surface area (Å²) in [5.41, 5.74) is 0.860. The van der Waals surface area contributed by atoms with Gasteiger partial charge >= 0.3 is 0 Å². The van der Waals surface area contributed by atoms with Crippen molar-refractivity contribution in [3.05, 3.63) is 26.6 Å². The Bertz CT molecular complexity index is 339. The first-order valence-electron chi connectivity index (χ1n) is 5.83. The first-order valence-corrected chi connectivity index (χ1v) is 7.42. The fourth-order valence-electron chi connectivity index (χ4n) is 1.57. The third kappa shape index (κ3) is 4.27. The second-order valence-electron chi connectivity index (χ2n) is 4.04. The van der Waals surface area contributed by atoms with Crippen LogP contribution in [-0.2, 0) is 6.61 Å². The van der Waals surface area contributed by atoms with Crippen molar-refractivity contribution in [2.45, 2.75) is 33.3 Å². The molecule has 17 heavy (non-hydrogen) atoms. The Hall–Kier alpha value is -0.0600. The van der Waals surface area contributed by atoms with Gasteiger partial charge in [-0.05, 0) is 55.5 Å². The number of ether oxygens (including phenoxy) is 1. The third-order valence-electron chi connectivity index (χ3n) is 2.86. The topological polar surface area (TPSA) is 29.5 Å². The van der Waals surface area contributed by atoms with Crippen molar-refractivity contribution in [1.82, 2.24) is 0 Å². The van der Waals surface area contributed by atoms with Gasteiger partial charge in [-0.3, -0.25) is 0 Å². The summed E-state index contributed by atoms with van der Waals surface area (Å²) in [6.45, 7) is 5.11. The highest BCUT2D eigenvalue weighted by Gasteiger charge is 2.11. The number of hydrogen-bond acceptors (Lipinski definition) is 2. The zero-order valence-corrected chi connectivity index (χ0v) is 13.3. The molecule has 0 atom stereocenters. The summed E-state index contributed by atoms with van der Waals surface area (Å²) in [5.74, 6) is 1.40. The van der Waals surface area contributed by atoms with E-state index in [0.717, 1.165) is 39.7 Å². The molecular formula is C13H18Br2O2. The van der Waals surface area contributed by atoms with Crippen LogP contribution in [0.4, 0.5) is 0 Å². The highest BCUT2D eigenvalue weighted by Crippen LogP contribution is 2.35. The number of aliphatic hydroxyl groups excluding tert-OH is 1. The quantitative estimate of drug-likeness (QED) is 0.803. The Labute approximate surface area is 120 Å². The van der Waals surface area contributed by atoms with Gasteiger partial charge in [0.25, 0.3) is 0 Å². The Balaban J connectivity index is 2.77. The summed E-state index contributed by atoms with van der Waals surface area (Å²) >= 11 is 6.93. The lowest BCUT2D eigenvalue weighted by molar-refractivity contribution is 0.237. The van der Waals surface area contributed by atoms with Crippen molar-refractivity contribution < 1.29 is 9.84 Å². The largest absolute Gasteiger partial charge is 0.491 e. The van der Waals surface area contributed by atoms with Gasteiger partial charge in [-0.25, -0.2) is 0 Å². The zero-order valence-electron chi connectivity index (χ0n) is 10.2. The van der Waals surface area contributed by atoms with E-state index in [1.165, 1.54) is 0 Å². The van der Waals surface area contributed by atoms with E-state index < -0.39 is 0 Å². The molecule has 0 aliphatic carbocycles. The third-order valence-corrected chi connectivity index (χ3v) is 4.04. The second kappa shape index (κ2) is 7.39. The van der Waals surface area contributed by atoms with E-state index in [4.69, 9.17) is 9.84 Å². The van der Waals surface area contributed by atoms with Crippen LogP contribution in [0.15, 0.2) is 21.1 Å². The van der Waals surface area contributed by atoms with E-state index in [-0.39, 0.29) is 6.61 Å². The Morgan fingerprint density at radius 1 is 1.18 bits per heavy atom. The van der Waals surface area contributed by atoms with Crippen LogP contribution in [0.3, 0.4) is 0 Å². The minimum Gasteiger partial charge on any atom is -0.491 e. The van der Waals surface area contributed by atoms with Gasteiger partial charge in [0.15, 0.2) is 0 Å². The maximum atomic E-state index is 9.09. The SMILES string of the molecule is CCC(CC)COc1c(Br)cc(CO)cc1Br. The molecule has 1 aromatic rings. The Kier molecular flexibility index (Phi) is 6.52. The molecule has 96 valence electrons. The Morgan fingerprint density at radius 2 is 1.71 bits per heavy atom. The molecule has 0 amide bonds. The van der Waals surface area contributed by atoms with E-state index in [9.17, 15) is 0 Å². The van der Waals surface area contributed by atoms with Crippen molar-refractivity contribution in [2.24, 2.45) is 5.92 Å². The average Bonchev–Trinajstić information content (AvgIpc) is 2.32. The van der Waals surface area contributed by atoms with Crippen LogP contribution < -0.4 is 4.74 Å². The minimum atomic E-state index is 0.0318. The standard InChI is InChI=1S/C13H18Br2O2/c1-3-9(4-2)8-17-13-11(14)5-10(7-16)6-12(13)15/h5-6,9,16H,3-4,7-8H2,1-2H3. The second-order valence-corrected chi connectivity index (χ2v) is 5.75. The van der Waals surface area contributed by atoms with Gasteiger partial charge in [0.05, 0.1) is 22.2 Å². The number of aliphatic hydroxyl groups is 1. The van der Waals surface area contributed by atoms with E-state index in [0.29, 0.717) is 5.92 Å². The minimum absolute atomic E-state index is 0.0318. The number of halogens is 2. The lowest BCUT2D eigenvalue weighted by Crippen LogP contribution is -2.10. The van der Waals surface area contributed by atoms with Crippen LogP contribution in [0, 0.1) is 5.92 Å². The van der Waals surface area contributed by atoms with Crippen LogP contribution in [0.5, 0.6) is 5.75 Å². The van der Waals surface area contributed by atoms with Gasteiger partial charge in [-0.1, -0.05) is 26.7 Å². The molecule has 0 heterocycles. The monoisotopic (exact) mass is 364 g/mol. The van der Waals surface area contributed by atoms with Crippen LogP contribution in [0.25, 0.3) is 0 Å². The predicted octanol–water partition coefficient (Wildman–Crippen LogP) is 4.52. The summed E-state index contributed by atoms with van der Waals surface area (Å²) in [7, 11) is 0. The zero-order chi connectivity index (χ0) is 12.8. The maximum Gasteiger partial charge on any atom is 0.147 e. The molecule has 0 saturated carbocycles. The molecule has 0 aliphatic rings. The van der Waals surface area contributed by atoms with Crippen molar-refractivity contribution in [2.75, 3.05) is 6.61 Å². The molecule has 0 saturated heterocycles. The fourth-order valence-corrected chi connectivity index (χ4v) is 3.08. The van der Waals surface area contributed by atoms with Gasteiger partial charge < -0.3 is 9.84 Å². The molecule has 0 spiro atoms. The maximum absolute atomic E-state index is 9.09. The van der Waals surface area contributed by atoms with Crippen molar-refractivity contribution >= 4 is 31.9 Å². The van der Waals surface area contributed by atoms with E-state index >= 15 is 0 Å². The molecule has 2 nitrogen and oxygen atoms in total. The van der Waals surface area contributed by atoms with Crippen LogP contribution in [0.2, 0.25) is 0 Å². The molecule has 0 aromatic heterocycles. The molecule has 1 N–H and O–H groups in total. The number of benzene rings is 1. The molecule has 0 fully saturated rings. The summed E-state index contributed by atoms with van der Waals surface area (Å²) < 4.78 is 7.59. The van der Waals surface area contributed by atoms with Crippen LogP contribution in [-0.4, -0.2) is 11.7 Å². The lowest BCUT2D eigenvalue weighted by atomic mass is 10.1. The predicted molar refractivity (Wildman–Crippen MR) is 77.3 cm³/mol. The molecule has 1 aromatic carbocycles. The normalized spacial score (nSPS) is 10.9. The van der Waals surface area contributed by atoms with Crippen molar-refractivity contribution in [1.29, 1.82) is 0 Å². The van der Waals surface area contributed by atoms with Gasteiger partial charge in [0.1, 0.15) is 5.75 Å². The molecule has 0 unspecified atom stereocenters. The molecule has 4 heteroatoms. The average molecular weight is 366 g/mol. The highest BCUT2D eigenvalue weighted by molar-refractivity contribution is 9.11. The van der Waals surface area contributed by atoms with Crippen molar-refractivity contribution in [3.8, 4) is 5.75 Å². The lowest BCUT2D eigenvalue weighted by Gasteiger charge is -2.16. The molecular weight excluding hydrogens is 348 g/mol. The summed E-state index contributed by atoms with van der Waals surface area (Å²) in [6, 6.07) is 3.76. The van der Waals surface area contributed by atoms with Gasteiger partial charge in [-0.2, -0.15) is 0 Å². The molecule has 1 rings (SSSR count). The van der Waals surface area contributed by atoms with Gasteiger partial charge in [-0.15, -0.1) is 0 Å². The summed E-state index contributed by atoms with van der Waals surface area (Å²) in [4.78, 5) is 0. The van der Waals surface area contributed by atoms with Crippen molar-refractivity contribution in [3.63, 3.8) is 0 Å². The number of hydrogen-bond donors (Lipinski definition) is 1. The summed E-state index contributed by atoms with van der Waals surface area (Å²) in [6.07, 6.45) is 2.25. The smallest absolute Gasteiger partial charge is 0.147 e. The first kappa shape index (κ1) is 15.0. The fraction of sp³-hybridized carbons (Fsp3) is 0.538. The van der Waals surface area contributed by atoms with Gasteiger partial charge in [0, 0.05) is 0 Å². The van der Waals surface area contributed by atoms with E-state index in [1.54, 1.807) is 0 Å². The van der Waals surface area contributed by atoms with Crippen LogP contribution >= 0.6 is 31.9 Å². The van der Waals surface area contributed by atoms with E-state index in [2.05, 4.69) is 45.7 Å². The first-order chi connectivity index (χ1) is 8.12. The summed E-state index contributed by atoms with van der Waals surface area (Å²) in [5, 5.41) is 9.09. The van der Waals surface area contributed by atoms with Crippen LogP contribution in [0.1, 0.15) is 32.3 Å². The molecule has 0 radical (unpaired) electrons. The molecule has 0 bridgehead atoms. The molecule has 0 aliphatic heterocycles. The number of rotatable bonds is 6.